The third-order valence-corrected chi connectivity index (χ3v) is 10.7. The van der Waals surface area contributed by atoms with Crippen molar-refractivity contribution in [3.05, 3.63) is 17.4 Å². The van der Waals surface area contributed by atoms with Gasteiger partial charge in [-0.25, -0.2) is 9.78 Å². The summed E-state index contributed by atoms with van der Waals surface area (Å²) in [6.45, 7) is 12.4. The van der Waals surface area contributed by atoms with Crippen LogP contribution in [-0.4, -0.2) is 108 Å². The number of ether oxygens (including phenoxy) is 4. The van der Waals surface area contributed by atoms with Crippen molar-refractivity contribution in [2.45, 2.75) is 114 Å². The van der Waals surface area contributed by atoms with Gasteiger partial charge in [-0.1, -0.05) is 11.6 Å². The third-order valence-electron chi connectivity index (χ3n) is 10.7. The lowest BCUT2D eigenvalue weighted by Gasteiger charge is -2.50. The maximum absolute atomic E-state index is 12.8. The van der Waals surface area contributed by atoms with Crippen molar-refractivity contribution in [3.63, 3.8) is 0 Å². The number of amides is 1. The highest BCUT2D eigenvalue weighted by Crippen LogP contribution is 2.57. The minimum absolute atomic E-state index is 0.0413. The maximum Gasteiger partial charge on any atom is 0.410 e. The molecule has 1 saturated carbocycles. The summed E-state index contributed by atoms with van der Waals surface area (Å²) in [5.41, 5.74) is 0.858. The predicted octanol–water partition coefficient (Wildman–Crippen LogP) is 4.94. The molecule has 12 heteroatoms. The highest BCUT2D eigenvalue weighted by Gasteiger charge is 2.61. The number of hydrogen-bond acceptors (Lipinski definition) is 11. The van der Waals surface area contributed by atoms with Crippen molar-refractivity contribution in [1.82, 2.24) is 24.9 Å². The molecular weight excluding hydrogens is 588 g/mol. The van der Waals surface area contributed by atoms with Crippen LogP contribution in [0.1, 0.15) is 90.4 Å². The van der Waals surface area contributed by atoms with E-state index in [1.165, 1.54) is 6.42 Å². The van der Waals surface area contributed by atoms with Gasteiger partial charge in [0.15, 0.2) is 23.1 Å². The van der Waals surface area contributed by atoms with Crippen LogP contribution in [0.15, 0.2) is 10.6 Å². The van der Waals surface area contributed by atoms with Crippen molar-refractivity contribution in [3.8, 4) is 17.4 Å². The van der Waals surface area contributed by atoms with Gasteiger partial charge in [-0.05, 0) is 86.2 Å². The zero-order valence-electron chi connectivity index (χ0n) is 28.2. The number of likely N-dealkylation sites (tertiary alicyclic amines) is 1. The van der Waals surface area contributed by atoms with E-state index in [2.05, 4.69) is 28.9 Å². The highest BCUT2D eigenvalue weighted by molar-refractivity contribution is 5.69. The summed E-state index contributed by atoms with van der Waals surface area (Å²) < 4.78 is 31.3. The number of carbonyl (C=O) groups excluding carboxylic acids is 1. The third kappa shape index (κ3) is 5.74. The lowest BCUT2D eigenvalue weighted by molar-refractivity contribution is -0.235. The minimum atomic E-state index is -0.648. The Balaban J connectivity index is 1.21. The standard InChI is InChI=1S/C34H50N6O6/c1-23(25-11-9-15-38(25)5)44-27-22-26(39-16-18-40(19-17-39)31(41)45-32(2,3)4)35-30(36-27)28-24-10-8-13-33(29(24)46-37-28)12-6-7-14-34(33)42-20-21-43-34/h22-23,25H,6-21H2,1-5H3/t23-,25-,33-/m0/s1. The van der Waals surface area contributed by atoms with E-state index in [9.17, 15) is 4.79 Å². The SMILES string of the molecule is C[C@H](Oc1cc(N2CCN(C(=O)OC(C)(C)C)CC2)nc(-c2noc3c2CCC[C@@]32CCCCC23OCCO3)n1)[C@@H]1CCCN1C. The average molecular weight is 639 g/mol. The number of carbonyl (C=O) groups is 1. The summed E-state index contributed by atoms with van der Waals surface area (Å²) in [5.74, 6) is 2.04. The molecule has 1 amide bonds. The fourth-order valence-electron chi connectivity index (χ4n) is 8.45. The molecule has 2 spiro atoms. The smallest absolute Gasteiger partial charge is 0.410 e. The van der Waals surface area contributed by atoms with Gasteiger partial charge in [-0.15, -0.1) is 0 Å². The van der Waals surface area contributed by atoms with Crippen LogP contribution < -0.4 is 9.64 Å². The second-order valence-electron chi connectivity index (χ2n) is 14.8. The lowest BCUT2D eigenvalue weighted by atomic mass is 9.61. The minimum Gasteiger partial charge on any atom is -0.473 e. The molecule has 2 aromatic heterocycles. The van der Waals surface area contributed by atoms with Gasteiger partial charge in [-0.3, -0.25) is 4.90 Å². The van der Waals surface area contributed by atoms with Gasteiger partial charge >= 0.3 is 6.09 Å². The molecular formula is C34H50N6O6. The van der Waals surface area contributed by atoms with Crippen LogP contribution in [0.4, 0.5) is 10.6 Å². The molecule has 3 saturated heterocycles. The molecule has 3 atom stereocenters. The van der Waals surface area contributed by atoms with Crippen LogP contribution >= 0.6 is 0 Å². The summed E-state index contributed by atoms with van der Waals surface area (Å²) in [5, 5.41) is 4.67. The monoisotopic (exact) mass is 638 g/mol. The van der Waals surface area contributed by atoms with Crippen LogP contribution in [0.3, 0.4) is 0 Å². The quantitative estimate of drug-likeness (QED) is 0.444. The average Bonchev–Trinajstić information content (AvgIpc) is 3.79. The van der Waals surface area contributed by atoms with Crippen molar-refractivity contribution in [1.29, 1.82) is 0 Å². The fraction of sp³-hybridized carbons (Fsp3) is 0.765. The van der Waals surface area contributed by atoms with E-state index in [1.54, 1.807) is 4.90 Å². The largest absolute Gasteiger partial charge is 0.473 e. The second-order valence-corrected chi connectivity index (χ2v) is 14.8. The Kier molecular flexibility index (Phi) is 8.42. The van der Waals surface area contributed by atoms with Crippen LogP contribution in [0.25, 0.3) is 11.5 Å². The number of likely N-dealkylation sites (N-methyl/N-ethyl adjacent to an activating group) is 1. The Morgan fingerprint density at radius 2 is 1.74 bits per heavy atom. The molecule has 0 aromatic carbocycles. The normalized spacial score (nSPS) is 27.3. The summed E-state index contributed by atoms with van der Waals surface area (Å²) >= 11 is 0. The van der Waals surface area contributed by atoms with Crippen molar-refractivity contribution >= 4 is 11.9 Å². The van der Waals surface area contributed by atoms with Gasteiger partial charge in [-0.2, -0.15) is 4.98 Å². The van der Waals surface area contributed by atoms with Gasteiger partial charge in [0, 0.05) is 50.3 Å². The van der Waals surface area contributed by atoms with Crippen LogP contribution in [0.2, 0.25) is 0 Å². The fourth-order valence-corrected chi connectivity index (χ4v) is 8.45. The van der Waals surface area contributed by atoms with Crippen LogP contribution in [0.5, 0.6) is 5.88 Å². The van der Waals surface area contributed by atoms with Gasteiger partial charge in [0.25, 0.3) is 0 Å². The highest BCUT2D eigenvalue weighted by atomic mass is 16.7. The van der Waals surface area contributed by atoms with E-state index in [4.69, 9.17) is 33.4 Å². The number of piperazine rings is 1. The number of hydrogen-bond donors (Lipinski definition) is 0. The zero-order valence-corrected chi connectivity index (χ0v) is 28.2. The molecule has 252 valence electrons. The molecule has 2 aromatic rings. The first-order valence-electron chi connectivity index (χ1n) is 17.3. The Morgan fingerprint density at radius 1 is 1.00 bits per heavy atom. The molecule has 12 nitrogen and oxygen atoms in total. The number of nitrogens with zero attached hydrogens (tertiary/aromatic N) is 6. The summed E-state index contributed by atoms with van der Waals surface area (Å²) in [6, 6.07) is 2.26. The van der Waals surface area contributed by atoms with Crippen molar-refractivity contribution in [2.75, 3.05) is 57.9 Å². The molecule has 7 rings (SSSR count). The van der Waals surface area contributed by atoms with Gasteiger partial charge < -0.3 is 33.3 Å². The molecule has 0 radical (unpaired) electrons. The predicted molar refractivity (Wildman–Crippen MR) is 171 cm³/mol. The molecule has 46 heavy (non-hydrogen) atoms. The molecule has 5 aliphatic rings. The molecule has 2 aliphatic carbocycles. The Morgan fingerprint density at radius 3 is 2.46 bits per heavy atom. The van der Waals surface area contributed by atoms with E-state index in [1.807, 2.05) is 26.8 Å². The number of aromatic nitrogens is 3. The van der Waals surface area contributed by atoms with Gasteiger partial charge in [0.2, 0.25) is 5.88 Å². The Bertz CT molecular complexity index is 1410. The Hall–Kier alpha value is -2.96. The number of fused-ring (bicyclic) bond motifs is 3. The van der Waals surface area contributed by atoms with E-state index >= 15 is 0 Å². The molecule has 0 bridgehead atoms. The van der Waals surface area contributed by atoms with Crippen molar-refractivity contribution in [2.24, 2.45) is 0 Å². The summed E-state index contributed by atoms with van der Waals surface area (Å²) in [6.07, 6.45) is 8.75. The summed E-state index contributed by atoms with van der Waals surface area (Å²) in [7, 11) is 2.16. The number of rotatable bonds is 5. The first-order valence-corrected chi connectivity index (χ1v) is 17.3. The molecule has 0 unspecified atom stereocenters. The van der Waals surface area contributed by atoms with Gasteiger partial charge in [0.05, 0.1) is 18.6 Å². The van der Waals surface area contributed by atoms with Crippen LogP contribution in [-0.2, 0) is 26.0 Å². The first-order chi connectivity index (χ1) is 22.1. The van der Waals surface area contributed by atoms with Gasteiger partial charge in [0.1, 0.15) is 17.5 Å². The molecule has 4 fully saturated rings. The molecule has 0 N–H and O–H groups in total. The molecule has 5 heterocycles. The Labute approximate surface area is 272 Å². The second kappa shape index (κ2) is 12.2. The first kappa shape index (κ1) is 31.6. The van der Waals surface area contributed by atoms with E-state index < -0.39 is 11.4 Å². The number of anilines is 1. The van der Waals surface area contributed by atoms with Crippen molar-refractivity contribution < 1.29 is 28.3 Å². The van der Waals surface area contributed by atoms with E-state index in [0.717, 1.165) is 75.1 Å². The van der Waals surface area contributed by atoms with E-state index in [-0.39, 0.29) is 17.6 Å². The molecule has 3 aliphatic heterocycles. The summed E-state index contributed by atoms with van der Waals surface area (Å²) in [4.78, 5) is 29.1. The van der Waals surface area contributed by atoms with Crippen LogP contribution in [0, 0.1) is 0 Å². The lowest BCUT2D eigenvalue weighted by Crippen LogP contribution is -2.56. The van der Waals surface area contributed by atoms with E-state index in [0.29, 0.717) is 62.8 Å². The maximum atomic E-state index is 12.8. The zero-order chi connectivity index (χ0) is 32.1. The topological polar surface area (TPSA) is 116 Å².